The third-order valence-corrected chi connectivity index (χ3v) is 3.65. The first-order chi connectivity index (χ1) is 8.88. The Morgan fingerprint density at radius 1 is 1.17 bits per heavy atom. The van der Waals surface area contributed by atoms with Gasteiger partial charge in [0.2, 0.25) is 0 Å². The molecule has 1 aliphatic rings. The first-order valence-electron chi connectivity index (χ1n) is 6.62. The second-order valence-corrected chi connectivity index (χ2v) is 4.85. The van der Waals surface area contributed by atoms with E-state index in [0.717, 1.165) is 19.4 Å². The number of aryl methyl sites for hydroxylation is 1. The maximum absolute atomic E-state index is 4.25. The lowest BCUT2D eigenvalue weighted by molar-refractivity contribution is 0.659. The third-order valence-electron chi connectivity index (χ3n) is 3.65. The fraction of sp³-hybridized carbons (Fsp3) is 0.312. The topological polar surface area (TPSA) is 24.4 Å². The van der Waals surface area contributed by atoms with Crippen LogP contribution in [-0.2, 0) is 12.8 Å². The summed E-state index contributed by atoms with van der Waals surface area (Å²) < 4.78 is 0. The molecule has 3 rings (SSSR count). The lowest BCUT2D eigenvalue weighted by Gasteiger charge is -2.14. The number of fused-ring (bicyclic) bond motifs is 1. The molecule has 0 bridgehead atoms. The Morgan fingerprint density at radius 3 is 2.61 bits per heavy atom. The molecule has 0 spiro atoms. The number of nitrogens with zero attached hydrogens (tertiary/aromatic N) is 1. The monoisotopic (exact) mass is 238 g/mol. The molecule has 2 heteroatoms. The highest BCUT2D eigenvalue weighted by Crippen LogP contribution is 2.24. The Hall–Kier alpha value is -1.83. The van der Waals surface area contributed by atoms with Crippen molar-refractivity contribution in [2.75, 3.05) is 6.54 Å². The molecule has 0 fully saturated rings. The standard InChI is InChI=1S/C16H18N2/c1-2-12-5-3-6-13-7-4-8-14(16(12)13)9-15-10-17-11-18-15/h3-8,11,15H,2,9-10H2,1H3,(H,17,18)/t15-/m1/s1. The molecule has 0 amide bonds. The molecule has 0 saturated carbocycles. The average molecular weight is 238 g/mol. The SMILES string of the molecule is CCc1cccc2cccc(C[C@@H]3CN=CN3)c12. The Labute approximate surface area is 108 Å². The minimum absolute atomic E-state index is 0.459. The maximum atomic E-state index is 4.25. The second kappa shape index (κ2) is 4.81. The molecule has 2 aromatic carbocycles. The van der Waals surface area contributed by atoms with Gasteiger partial charge in [0.15, 0.2) is 0 Å². The number of benzene rings is 2. The van der Waals surface area contributed by atoms with Crippen molar-refractivity contribution in [1.82, 2.24) is 5.32 Å². The fourth-order valence-corrected chi connectivity index (χ4v) is 2.75. The summed E-state index contributed by atoms with van der Waals surface area (Å²) in [6.07, 6.45) is 3.97. The van der Waals surface area contributed by atoms with E-state index < -0.39 is 0 Å². The van der Waals surface area contributed by atoms with Crippen LogP contribution in [0.5, 0.6) is 0 Å². The maximum Gasteiger partial charge on any atom is 0.0827 e. The fourth-order valence-electron chi connectivity index (χ4n) is 2.75. The number of nitrogens with one attached hydrogen (secondary N) is 1. The summed E-state index contributed by atoms with van der Waals surface area (Å²) in [7, 11) is 0. The molecule has 1 atom stereocenters. The summed E-state index contributed by atoms with van der Waals surface area (Å²) in [4.78, 5) is 4.25. The van der Waals surface area contributed by atoms with Gasteiger partial charge in [-0.05, 0) is 34.7 Å². The van der Waals surface area contributed by atoms with Crippen molar-refractivity contribution in [3.05, 3.63) is 47.5 Å². The molecule has 92 valence electrons. The molecule has 1 heterocycles. The molecule has 18 heavy (non-hydrogen) atoms. The molecule has 1 aliphatic heterocycles. The number of rotatable bonds is 3. The highest BCUT2D eigenvalue weighted by Gasteiger charge is 2.13. The third kappa shape index (κ3) is 1.99. The largest absolute Gasteiger partial charge is 0.372 e. The van der Waals surface area contributed by atoms with E-state index in [9.17, 15) is 0 Å². The Bertz CT molecular complexity index is 573. The van der Waals surface area contributed by atoms with Gasteiger partial charge in [-0.3, -0.25) is 4.99 Å². The molecule has 0 aromatic heterocycles. The van der Waals surface area contributed by atoms with Crippen LogP contribution >= 0.6 is 0 Å². The zero-order valence-electron chi connectivity index (χ0n) is 10.7. The van der Waals surface area contributed by atoms with Gasteiger partial charge in [0.25, 0.3) is 0 Å². The van der Waals surface area contributed by atoms with Gasteiger partial charge >= 0.3 is 0 Å². The predicted molar refractivity (Wildman–Crippen MR) is 77.3 cm³/mol. The van der Waals surface area contributed by atoms with Gasteiger partial charge in [0.1, 0.15) is 0 Å². The van der Waals surface area contributed by atoms with Crippen molar-refractivity contribution < 1.29 is 0 Å². The van der Waals surface area contributed by atoms with Crippen LogP contribution in [0.4, 0.5) is 0 Å². The molecule has 2 nitrogen and oxygen atoms in total. The van der Waals surface area contributed by atoms with Crippen molar-refractivity contribution in [2.24, 2.45) is 4.99 Å². The lowest BCUT2D eigenvalue weighted by atomic mass is 9.94. The minimum Gasteiger partial charge on any atom is -0.372 e. The van der Waals surface area contributed by atoms with Crippen LogP contribution in [0.15, 0.2) is 41.4 Å². The molecule has 2 aromatic rings. The first-order valence-corrected chi connectivity index (χ1v) is 6.62. The lowest BCUT2D eigenvalue weighted by Crippen LogP contribution is -2.27. The Morgan fingerprint density at radius 2 is 1.94 bits per heavy atom. The van der Waals surface area contributed by atoms with Crippen molar-refractivity contribution in [3.63, 3.8) is 0 Å². The van der Waals surface area contributed by atoms with Crippen molar-refractivity contribution in [2.45, 2.75) is 25.8 Å². The van der Waals surface area contributed by atoms with E-state index in [1.165, 1.54) is 21.9 Å². The zero-order chi connectivity index (χ0) is 12.4. The molecule has 0 unspecified atom stereocenters. The van der Waals surface area contributed by atoms with Crippen LogP contribution < -0.4 is 5.32 Å². The highest BCUT2D eigenvalue weighted by molar-refractivity contribution is 5.89. The van der Waals surface area contributed by atoms with Crippen LogP contribution in [0.3, 0.4) is 0 Å². The van der Waals surface area contributed by atoms with Crippen LogP contribution in [0, 0.1) is 0 Å². The molecule has 0 saturated heterocycles. The Balaban J connectivity index is 2.04. The summed E-state index contributed by atoms with van der Waals surface area (Å²) in [6.45, 7) is 3.12. The second-order valence-electron chi connectivity index (χ2n) is 4.85. The molecule has 0 radical (unpaired) electrons. The molecular formula is C16H18N2. The van der Waals surface area contributed by atoms with Gasteiger partial charge in [0, 0.05) is 0 Å². The zero-order valence-corrected chi connectivity index (χ0v) is 10.7. The van der Waals surface area contributed by atoms with Crippen LogP contribution in [0.25, 0.3) is 10.8 Å². The van der Waals surface area contributed by atoms with Crippen molar-refractivity contribution in [1.29, 1.82) is 0 Å². The van der Waals surface area contributed by atoms with Gasteiger partial charge in [0.05, 0.1) is 18.9 Å². The van der Waals surface area contributed by atoms with Crippen molar-refractivity contribution in [3.8, 4) is 0 Å². The number of hydrogen-bond donors (Lipinski definition) is 1. The minimum atomic E-state index is 0.459. The smallest absolute Gasteiger partial charge is 0.0827 e. The van der Waals surface area contributed by atoms with Gasteiger partial charge in [-0.25, -0.2) is 0 Å². The van der Waals surface area contributed by atoms with E-state index in [2.05, 4.69) is 53.6 Å². The summed E-state index contributed by atoms with van der Waals surface area (Å²) in [5.74, 6) is 0. The van der Waals surface area contributed by atoms with Gasteiger partial charge in [-0.15, -0.1) is 0 Å². The van der Waals surface area contributed by atoms with E-state index in [1.54, 1.807) is 0 Å². The van der Waals surface area contributed by atoms with Crippen LogP contribution in [0.1, 0.15) is 18.1 Å². The molecular weight excluding hydrogens is 220 g/mol. The van der Waals surface area contributed by atoms with Gasteiger partial charge in [-0.1, -0.05) is 43.3 Å². The van der Waals surface area contributed by atoms with Gasteiger partial charge < -0.3 is 5.32 Å². The van der Waals surface area contributed by atoms with E-state index in [1.807, 2.05) is 6.34 Å². The van der Waals surface area contributed by atoms with Gasteiger partial charge in [-0.2, -0.15) is 0 Å². The highest BCUT2D eigenvalue weighted by atomic mass is 15.0. The average Bonchev–Trinajstić information content (AvgIpc) is 2.91. The summed E-state index contributed by atoms with van der Waals surface area (Å²) in [6, 6.07) is 13.7. The predicted octanol–water partition coefficient (Wildman–Crippen LogP) is 2.94. The van der Waals surface area contributed by atoms with Crippen molar-refractivity contribution >= 4 is 17.1 Å². The number of hydrogen-bond acceptors (Lipinski definition) is 2. The summed E-state index contributed by atoms with van der Waals surface area (Å²) in [5.41, 5.74) is 2.88. The van der Waals surface area contributed by atoms with E-state index in [-0.39, 0.29) is 0 Å². The summed E-state index contributed by atoms with van der Waals surface area (Å²) in [5, 5.41) is 6.11. The van der Waals surface area contributed by atoms with E-state index in [4.69, 9.17) is 0 Å². The molecule has 1 N–H and O–H groups in total. The Kier molecular flexibility index (Phi) is 3.01. The van der Waals surface area contributed by atoms with E-state index >= 15 is 0 Å². The quantitative estimate of drug-likeness (QED) is 0.873. The van der Waals surface area contributed by atoms with Crippen LogP contribution in [-0.4, -0.2) is 18.9 Å². The summed E-state index contributed by atoms with van der Waals surface area (Å²) >= 11 is 0. The normalized spacial score (nSPS) is 18.2. The van der Waals surface area contributed by atoms with E-state index in [0.29, 0.717) is 6.04 Å². The first kappa shape index (κ1) is 11.3. The molecule has 0 aliphatic carbocycles. The number of aliphatic imine (C=N–C) groups is 1. The van der Waals surface area contributed by atoms with Crippen LogP contribution in [0.2, 0.25) is 0 Å².